The number of nitrogens with zero attached hydrogens (tertiary/aromatic N) is 1. The second-order valence-electron chi connectivity index (χ2n) is 4.71. The van der Waals surface area contributed by atoms with Gasteiger partial charge in [0, 0.05) is 12.3 Å². The number of halogens is 3. The fraction of sp³-hybridized carbons (Fsp3) is 0.429. The maximum absolute atomic E-state index is 12.8. The zero-order valence-corrected chi connectivity index (χ0v) is 11.0. The number of hydrogen-bond acceptors (Lipinski definition) is 3. The van der Waals surface area contributed by atoms with Gasteiger partial charge in [0.25, 0.3) is 5.91 Å². The first kappa shape index (κ1) is 15.3. The fourth-order valence-corrected chi connectivity index (χ4v) is 2.12. The number of carbonyl (C=O) groups is 1. The van der Waals surface area contributed by atoms with Crippen molar-refractivity contribution in [2.24, 2.45) is 0 Å². The third-order valence-electron chi connectivity index (χ3n) is 3.19. The Bertz CT molecular complexity index is 573. The van der Waals surface area contributed by atoms with Gasteiger partial charge in [0.05, 0.1) is 17.2 Å². The molecule has 0 saturated carbocycles. The third-order valence-corrected chi connectivity index (χ3v) is 3.19. The van der Waals surface area contributed by atoms with Crippen LogP contribution in [0.1, 0.15) is 30.4 Å². The summed E-state index contributed by atoms with van der Waals surface area (Å²) in [7, 11) is 0. The lowest BCUT2D eigenvalue weighted by molar-refractivity contribution is -0.137. The van der Waals surface area contributed by atoms with E-state index in [0.29, 0.717) is 13.0 Å². The van der Waals surface area contributed by atoms with Crippen LogP contribution in [0.5, 0.6) is 0 Å². The van der Waals surface area contributed by atoms with E-state index >= 15 is 0 Å². The molecule has 1 aliphatic heterocycles. The molecule has 0 bridgehead atoms. The van der Waals surface area contributed by atoms with Crippen LogP contribution < -0.4 is 5.32 Å². The first-order chi connectivity index (χ1) is 9.91. The lowest BCUT2D eigenvalue weighted by Crippen LogP contribution is -2.33. The molecule has 1 N–H and O–H groups in total. The van der Waals surface area contributed by atoms with Crippen LogP contribution in [0.2, 0.25) is 0 Å². The van der Waals surface area contributed by atoms with E-state index in [2.05, 4.69) is 5.32 Å². The Hall–Kier alpha value is -2.07. The maximum atomic E-state index is 12.8. The van der Waals surface area contributed by atoms with Crippen LogP contribution in [0.4, 0.5) is 18.9 Å². The van der Waals surface area contributed by atoms with Gasteiger partial charge in [-0.2, -0.15) is 18.4 Å². The van der Waals surface area contributed by atoms with E-state index < -0.39 is 29.3 Å². The summed E-state index contributed by atoms with van der Waals surface area (Å²) in [5, 5.41) is 11.1. The van der Waals surface area contributed by atoms with Gasteiger partial charge >= 0.3 is 6.18 Å². The smallest absolute Gasteiger partial charge is 0.368 e. The van der Waals surface area contributed by atoms with Crippen LogP contribution in [0.15, 0.2) is 18.2 Å². The monoisotopic (exact) mass is 298 g/mol. The van der Waals surface area contributed by atoms with Crippen LogP contribution in [-0.2, 0) is 15.7 Å². The molecule has 2 rings (SSSR count). The normalized spacial score (nSPS) is 18.9. The van der Waals surface area contributed by atoms with E-state index in [1.165, 1.54) is 12.1 Å². The molecule has 1 aromatic carbocycles. The minimum atomic E-state index is -4.65. The Morgan fingerprint density at radius 1 is 1.38 bits per heavy atom. The van der Waals surface area contributed by atoms with E-state index in [1.54, 1.807) is 0 Å². The van der Waals surface area contributed by atoms with Gasteiger partial charge in [0.1, 0.15) is 6.10 Å². The summed E-state index contributed by atoms with van der Waals surface area (Å²) in [5.74, 6) is -0.465. The van der Waals surface area contributed by atoms with E-state index in [0.717, 1.165) is 25.0 Å². The van der Waals surface area contributed by atoms with Gasteiger partial charge in [-0.15, -0.1) is 0 Å². The van der Waals surface area contributed by atoms with E-state index in [-0.39, 0.29) is 5.69 Å². The Morgan fingerprint density at radius 3 is 2.71 bits per heavy atom. The number of nitriles is 1. The maximum Gasteiger partial charge on any atom is 0.417 e. The first-order valence-electron chi connectivity index (χ1n) is 6.45. The molecular weight excluding hydrogens is 285 g/mol. The molecular formula is C14H13F3N2O2. The molecule has 1 saturated heterocycles. The van der Waals surface area contributed by atoms with Gasteiger partial charge in [0.15, 0.2) is 0 Å². The molecule has 4 nitrogen and oxygen atoms in total. The highest BCUT2D eigenvalue weighted by atomic mass is 19.4. The number of nitrogens with one attached hydrogen (secondary N) is 1. The second kappa shape index (κ2) is 6.14. The Labute approximate surface area is 119 Å². The van der Waals surface area contributed by atoms with Gasteiger partial charge < -0.3 is 10.1 Å². The van der Waals surface area contributed by atoms with Gasteiger partial charge in [-0.05, 0) is 37.5 Å². The summed E-state index contributed by atoms with van der Waals surface area (Å²) >= 11 is 0. The average Bonchev–Trinajstić information content (AvgIpc) is 2.47. The van der Waals surface area contributed by atoms with E-state index in [4.69, 9.17) is 10.00 Å². The number of benzene rings is 1. The van der Waals surface area contributed by atoms with Crippen LogP contribution >= 0.6 is 0 Å². The number of anilines is 1. The number of alkyl halides is 3. The summed E-state index contributed by atoms with van der Waals surface area (Å²) in [6.07, 6.45) is -3.01. The highest BCUT2D eigenvalue weighted by Gasteiger charge is 2.34. The first-order valence-corrected chi connectivity index (χ1v) is 6.45. The average molecular weight is 298 g/mol. The van der Waals surface area contributed by atoms with Crippen molar-refractivity contribution in [2.45, 2.75) is 31.5 Å². The van der Waals surface area contributed by atoms with E-state index in [9.17, 15) is 18.0 Å². The lowest BCUT2D eigenvalue weighted by atomic mass is 10.1. The third kappa shape index (κ3) is 3.73. The molecule has 7 heteroatoms. The van der Waals surface area contributed by atoms with Gasteiger partial charge in [0.2, 0.25) is 0 Å². The number of hydrogen-bond donors (Lipinski definition) is 1. The minimum Gasteiger partial charge on any atom is -0.368 e. The van der Waals surface area contributed by atoms with Crippen molar-refractivity contribution in [2.75, 3.05) is 11.9 Å². The predicted molar refractivity (Wildman–Crippen MR) is 68.4 cm³/mol. The van der Waals surface area contributed by atoms with Crippen molar-refractivity contribution in [3.05, 3.63) is 29.3 Å². The summed E-state index contributed by atoms with van der Waals surface area (Å²) in [6.45, 7) is 0.471. The second-order valence-corrected chi connectivity index (χ2v) is 4.71. The molecule has 112 valence electrons. The Balaban J connectivity index is 2.17. The fourth-order valence-electron chi connectivity index (χ4n) is 2.12. The van der Waals surface area contributed by atoms with E-state index in [1.807, 2.05) is 0 Å². The molecule has 0 aromatic heterocycles. The van der Waals surface area contributed by atoms with Gasteiger partial charge in [-0.25, -0.2) is 0 Å². The molecule has 21 heavy (non-hydrogen) atoms. The zero-order valence-electron chi connectivity index (χ0n) is 11.0. The number of carbonyl (C=O) groups excluding carboxylic acids is 1. The molecule has 0 aliphatic carbocycles. The predicted octanol–water partition coefficient (Wildman–Crippen LogP) is 3.08. The highest BCUT2D eigenvalue weighted by molar-refractivity contribution is 5.94. The van der Waals surface area contributed by atoms with Crippen LogP contribution in [0.3, 0.4) is 0 Å². The van der Waals surface area contributed by atoms with Crippen LogP contribution in [0, 0.1) is 11.3 Å². The SMILES string of the molecule is N#Cc1ccc(NC(=O)C2CCCCO2)cc1C(F)(F)F. The molecule has 0 radical (unpaired) electrons. The molecule has 1 amide bonds. The largest absolute Gasteiger partial charge is 0.417 e. The van der Waals surface area contributed by atoms with Crippen molar-refractivity contribution in [1.29, 1.82) is 5.26 Å². The topological polar surface area (TPSA) is 62.1 Å². The standard InChI is InChI=1S/C14H13F3N2O2/c15-14(16,17)11-7-10(5-4-9(11)8-18)19-13(20)12-3-1-2-6-21-12/h4-5,7,12H,1-3,6H2,(H,19,20). The summed E-state index contributed by atoms with van der Waals surface area (Å²) in [5.41, 5.74) is -1.54. The van der Waals surface area contributed by atoms with Crippen molar-refractivity contribution >= 4 is 11.6 Å². The molecule has 1 unspecified atom stereocenters. The van der Waals surface area contributed by atoms with Gasteiger partial charge in [-0.3, -0.25) is 4.79 Å². The Kier molecular flexibility index (Phi) is 4.48. The minimum absolute atomic E-state index is 0.000462. The van der Waals surface area contributed by atoms with Crippen molar-refractivity contribution in [1.82, 2.24) is 0 Å². The lowest BCUT2D eigenvalue weighted by Gasteiger charge is -2.22. The molecule has 0 spiro atoms. The van der Waals surface area contributed by atoms with Crippen LogP contribution in [-0.4, -0.2) is 18.6 Å². The Morgan fingerprint density at radius 2 is 2.14 bits per heavy atom. The van der Waals surface area contributed by atoms with Crippen LogP contribution in [0.25, 0.3) is 0 Å². The highest BCUT2D eigenvalue weighted by Crippen LogP contribution is 2.33. The molecule has 1 aliphatic rings. The molecule has 1 fully saturated rings. The molecule has 1 heterocycles. The quantitative estimate of drug-likeness (QED) is 0.912. The number of ether oxygens (including phenoxy) is 1. The number of amides is 1. The van der Waals surface area contributed by atoms with Gasteiger partial charge in [-0.1, -0.05) is 0 Å². The van der Waals surface area contributed by atoms with Crippen molar-refractivity contribution in [3.63, 3.8) is 0 Å². The van der Waals surface area contributed by atoms with Crippen molar-refractivity contribution in [3.8, 4) is 6.07 Å². The summed E-state index contributed by atoms with van der Waals surface area (Å²) < 4.78 is 43.7. The molecule has 1 atom stereocenters. The summed E-state index contributed by atoms with van der Waals surface area (Å²) in [6, 6.07) is 4.57. The zero-order chi connectivity index (χ0) is 15.5. The molecule has 1 aromatic rings. The summed E-state index contributed by atoms with van der Waals surface area (Å²) in [4.78, 5) is 11.9. The number of rotatable bonds is 2. The van der Waals surface area contributed by atoms with Crippen molar-refractivity contribution < 1.29 is 22.7 Å².